The lowest BCUT2D eigenvalue weighted by Crippen LogP contribution is -1.95. The highest BCUT2D eigenvalue weighted by molar-refractivity contribution is 7.99. The van der Waals surface area contributed by atoms with Gasteiger partial charge in [0, 0.05) is 34.4 Å². The van der Waals surface area contributed by atoms with Crippen LogP contribution >= 0.6 is 23.1 Å². The number of hydrogen-bond acceptors (Lipinski definition) is 7. The van der Waals surface area contributed by atoms with Gasteiger partial charge in [0.1, 0.15) is 9.86 Å². The van der Waals surface area contributed by atoms with Crippen LogP contribution in [-0.2, 0) is 12.8 Å². The zero-order valence-corrected chi connectivity index (χ0v) is 16.4. The Bertz CT molecular complexity index is 1330. The molecule has 0 aromatic carbocycles. The second-order valence-corrected chi connectivity index (χ2v) is 8.68. The molecule has 1 aliphatic carbocycles. The third kappa shape index (κ3) is 2.52. The van der Waals surface area contributed by atoms with Crippen LogP contribution in [0, 0.1) is 0 Å². The van der Waals surface area contributed by atoms with Gasteiger partial charge in [-0.05, 0) is 60.9 Å². The van der Waals surface area contributed by atoms with E-state index in [4.69, 9.17) is 9.97 Å². The molecule has 0 radical (unpaired) electrons. The highest BCUT2D eigenvalue weighted by Crippen LogP contribution is 2.42. The topological polar surface area (TPSA) is 68.9 Å². The summed E-state index contributed by atoms with van der Waals surface area (Å²) in [5.41, 5.74) is 3.17. The van der Waals surface area contributed by atoms with E-state index in [0.717, 1.165) is 39.1 Å². The smallest absolute Gasteiger partial charge is 0.201 e. The Morgan fingerprint density at radius 2 is 2.04 bits per heavy atom. The van der Waals surface area contributed by atoms with Crippen molar-refractivity contribution in [3.63, 3.8) is 0 Å². The summed E-state index contributed by atoms with van der Waals surface area (Å²) in [6.45, 7) is 0. The van der Waals surface area contributed by atoms with E-state index in [1.165, 1.54) is 22.2 Å². The first-order valence-electron chi connectivity index (χ1n) is 9.07. The third-order valence-electron chi connectivity index (χ3n) is 4.92. The van der Waals surface area contributed by atoms with Crippen LogP contribution in [0.5, 0.6) is 0 Å². The van der Waals surface area contributed by atoms with Crippen LogP contribution in [0.1, 0.15) is 16.9 Å². The number of fused-ring (bicyclic) bond motifs is 4. The number of thiophene rings is 1. The Balaban J connectivity index is 1.57. The fourth-order valence-electron chi connectivity index (χ4n) is 3.64. The molecule has 0 amide bonds. The zero-order valence-electron chi connectivity index (χ0n) is 14.7. The monoisotopic (exact) mass is 402 g/mol. The summed E-state index contributed by atoms with van der Waals surface area (Å²) in [6, 6.07) is 9.81. The molecule has 5 heterocycles. The molecule has 0 aliphatic heterocycles. The molecular formula is C20H14N6S2. The Kier molecular flexibility index (Phi) is 3.66. The summed E-state index contributed by atoms with van der Waals surface area (Å²) < 4.78 is 1.99. The maximum atomic E-state index is 4.94. The van der Waals surface area contributed by atoms with E-state index in [0.29, 0.717) is 5.82 Å². The molecule has 0 atom stereocenters. The Labute approximate surface area is 168 Å². The summed E-state index contributed by atoms with van der Waals surface area (Å²) in [4.78, 5) is 16.5. The summed E-state index contributed by atoms with van der Waals surface area (Å²) in [5, 5.41) is 11.6. The number of aromatic nitrogens is 6. The molecule has 6 nitrogen and oxygen atoms in total. The molecule has 0 N–H and O–H groups in total. The van der Waals surface area contributed by atoms with Crippen molar-refractivity contribution < 1.29 is 0 Å². The summed E-state index contributed by atoms with van der Waals surface area (Å²) in [7, 11) is 0. The Morgan fingerprint density at radius 3 is 2.96 bits per heavy atom. The van der Waals surface area contributed by atoms with Gasteiger partial charge in [-0.2, -0.15) is 0 Å². The molecule has 1 aliphatic rings. The van der Waals surface area contributed by atoms with Gasteiger partial charge in [-0.1, -0.05) is 6.07 Å². The van der Waals surface area contributed by atoms with Crippen molar-refractivity contribution in [3.8, 4) is 11.4 Å². The molecule has 5 aromatic rings. The van der Waals surface area contributed by atoms with Crippen molar-refractivity contribution in [2.24, 2.45) is 0 Å². The average Bonchev–Trinajstić information content (AvgIpc) is 3.43. The normalized spacial score (nSPS) is 13.4. The van der Waals surface area contributed by atoms with E-state index in [2.05, 4.69) is 15.2 Å². The molecular weight excluding hydrogens is 388 g/mol. The van der Waals surface area contributed by atoms with Crippen molar-refractivity contribution in [2.45, 2.75) is 29.4 Å². The van der Waals surface area contributed by atoms with Crippen molar-refractivity contribution in [2.75, 3.05) is 0 Å². The van der Waals surface area contributed by atoms with Gasteiger partial charge in [0.25, 0.3) is 0 Å². The standard InChI is InChI=1S/C20H14N6S2/c1-2-10-26-15(8-1)24-25-20(26)28-19-16-13-6-3-7-14(13)27-18(16)22-17(23-19)12-5-4-9-21-11-12/h1-2,4-5,8-11H,3,6-7H2. The maximum absolute atomic E-state index is 4.94. The van der Waals surface area contributed by atoms with E-state index in [9.17, 15) is 0 Å². The predicted molar refractivity (Wildman–Crippen MR) is 110 cm³/mol. The number of rotatable bonds is 3. The van der Waals surface area contributed by atoms with Gasteiger partial charge in [-0.25, -0.2) is 9.97 Å². The minimum atomic E-state index is 0.705. The van der Waals surface area contributed by atoms with E-state index in [1.54, 1.807) is 29.3 Å². The van der Waals surface area contributed by atoms with Crippen LogP contribution < -0.4 is 0 Å². The van der Waals surface area contributed by atoms with Gasteiger partial charge in [0.15, 0.2) is 11.5 Å². The van der Waals surface area contributed by atoms with E-state index in [-0.39, 0.29) is 0 Å². The number of aryl methyl sites for hydroxylation is 2. The van der Waals surface area contributed by atoms with Gasteiger partial charge in [0.2, 0.25) is 5.16 Å². The molecule has 0 bridgehead atoms. The molecule has 136 valence electrons. The maximum Gasteiger partial charge on any atom is 0.201 e. The number of nitrogens with zero attached hydrogens (tertiary/aromatic N) is 6. The molecule has 0 unspecified atom stereocenters. The minimum absolute atomic E-state index is 0.705. The molecule has 28 heavy (non-hydrogen) atoms. The molecule has 0 fully saturated rings. The fraction of sp³-hybridized carbons (Fsp3) is 0.150. The van der Waals surface area contributed by atoms with Crippen molar-refractivity contribution >= 4 is 39.0 Å². The summed E-state index contributed by atoms with van der Waals surface area (Å²) in [6.07, 6.45) is 8.99. The third-order valence-corrected chi connectivity index (χ3v) is 7.06. The SMILES string of the molecule is c1cncc(-c2nc(Sc3nnc4ccccn34)c3c4c(sc3n2)CCC4)c1. The molecule has 0 spiro atoms. The zero-order chi connectivity index (χ0) is 18.5. The molecule has 0 saturated heterocycles. The van der Waals surface area contributed by atoms with Gasteiger partial charge in [-0.15, -0.1) is 21.5 Å². The second-order valence-electron chi connectivity index (χ2n) is 6.65. The summed E-state index contributed by atoms with van der Waals surface area (Å²) >= 11 is 3.36. The average molecular weight is 403 g/mol. The van der Waals surface area contributed by atoms with Crippen LogP contribution in [0.15, 0.2) is 59.1 Å². The van der Waals surface area contributed by atoms with Gasteiger partial charge < -0.3 is 0 Å². The van der Waals surface area contributed by atoms with Crippen LogP contribution in [-0.4, -0.2) is 29.5 Å². The lowest BCUT2D eigenvalue weighted by molar-refractivity contribution is 0.911. The van der Waals surface area contributed by atoms with Crippen LogP contribution in [0.4, 0.5) is 0 Å². The van der Waals surface area contributed by atoms with Gasteiger partial charge in [-0.3, -0.25) is 9.38 Å². The predicted octanol–water partition coefficient (Wildman–Crippen LogP) is 4.44. The largest absolute Gasteiger partial charge is 0.277 e. The number of hydrogen-bond donors (Lipinski definition) is 0. The fourth-order valence-corrected chi connectivity index (χ4v) is 5.92. The first kappa shape index (κ1) is 16.1. The Hall–Kier alpha value is -2.84. The molecule has 8 heteroatoms. The quantitative estimate of drug-likeness (QED) is 0.416. The van der Waals surface area contributed by atoms with Crippen molar-refractivity contribution in [1.82, 2.24) is 29.5 Å². The highest BCUT2D eigenvalue weighted by Gasteiger charge is 2.24. The van der Waals surface area contributed by atoms with E-state index >= 15 is 0 Å². The first-order valence-corrected chi connectivity index (χ1v) is 10.7. The second kappa shape index (κ2) is 6.35. The van der Waals surface area contributed by atoms with Crippen molar-refractivity contribution in [3.05, 3.63) is 59.4 Å². The van der Waals surface area contributed by atoms with Crippen LogP contribution in [0.2, 0.25) is 0 Å². The minimum Gasteiger partial charge on any atom is -0.277 e. The van der Waals surface area contributed by atoms with Gasteiger partial charge in [0.05, 0.1) is 0 Å². The van der Waals surface area contributed by atoms with Gasteiger partial charge >= 0.3 is 0 Å². The Morgan fingerprint density at radius 1 is 1.04 bits per heavy atom. The van der Waals surface area contributed by atoms with E-state index < -0.39 is 0 Å². The van der Waals surface area contributed by atoms with Crippen LogP contribution in [0.3, 0.4) is 0 Å². The lowest BCUT2D eigenvalue weighted by atomic mass is 10.2. The van der Waals surface area contributed by atoms with Crippen LogP contribution in [0.25, 0.3) is 27.3 Å². The lowest BCUT2D eigenvalue weighted by Gasteiger charge is -2.06. The number of pyridine rings is 2. The van der Waals surface area contributed by atoms with Crippen molar-refractivity contribution in [1.29, 1.82) is 0 Å². The molecule has 5 aromatic heterocycles. The molecule has 6 rings (SSSR count). The highest BCUT2D eigenvalue weighted by atomic mass is 32.2. The van der Waals surface area contributed by atoms with E-state index in [1.807, 2.05) is 47.1 Å². The summed E-state index contributed by atoms with van der Waals surface area (Å²) in [5.74, 6) is 0.705. The molecule has 0 saturated carbocycles. The first-order chi connectivity index (χ1) is 13.9.